The Bertz CT molecular complexity index is 820. The van der Waals surface area contributed by atoms with E-state index in [0.717, 1.165) is 18.2 Å². The van der Waals surface area contributed by atoms with E-state index in [2.05, 4.69) is 4.72 Å². The van der Waals surface area contributed by atoms with Crippen LogP contribution in [0.3, 0.4) is 0 Å². The van der Waals surface area contributed by atoms with Gasteiger partial charge in [0.2, 0.25) is 10.0 Å². The Morgan fingerprint density at radius 2 is 1.74 bits per heavy atom. The first-order chi connectivity index (χ1) is 10.8. The highest BCUT2D eigenvalue weighted by Gasteiger charge is 2.20. The van der Waals surface area contributed by atoms with Crippen LogP contribution >= 0.6 is 0 Å². The molecule has 5 nitrogen and oxygen atoms in total. The predicted molar refractivity (Wildman–Crippen MR) is 78.7 cm³/mol. The lowest BCUT2D eigenvalue weighted by atomic mass is 10.1. The third kappa shape index (κ3) is 4.33. The van der Waals surface area contributed by atoms with Gasteiger partial charge in [-0.25, -0.2) is 26.7 Å². The Hall–Kier alpha value is -2.32. The summed E-state index contributed by atoms with van der Waals surface area (Å²) < 4.78 is 52.8. The zero-order chi connectivity index (χ0) is 17.0. The average molecular weight is 341 g/mol. The Kier molecular flexibility index (Phi) is 5.07. The molecule has 0 saturated heterocycles. The molecular formula is C15H13F2NO4S. The molecule has 0 aliphatic carbocycles. The molecule has 8 heteroatoms. The number of benzene rings is 2. The SMILES string of the molecule is O=C(O)c1ccc(F)c(S(=O)(=O)NCCc2ccc(F)cc2)c1. The fraction of sp³-hybridized carbons (Fsp3) is 0.133. The molecule has 0 bridgehead atoms. The molecule has 2 aromatic carbocycles. The van der Waals surface area contributed by atoms with E-state index in [0.29, 0.717) is 5.56 Å². The minimum absolute atomic E-state index is 0.0370. The minimum atomic E-state index is -4.19. The van der Waals surface area contributed by atoms with E-state index in [-0.39, 0.29) is 18.5 Å². The summed E-state index contributed by atoms with van der Waals surface area (Å²) in [5, 5.41) is 8.84. The van der Waals surface area contributed by atoms with Crippen molar-refractivity contribution in [1.82, 2.24) is 4.72 Å². The van der Waals surface area contributed by atoms with Crippen LogP contribution in [0.15, 0.2) is 47.4 Å². The van der Waals surface area contributed by atoms with Crippen LogP contribution in [0.25, 0.3) is 0 Å². The normalized spacial score (nSPS) is 11.4. The van der Waals surface area contributed by atoms with Crippen molar-refractivity contribution in [3.63, 3.8) is 0 Å². The second-order valence-corrected chi connectivity index (χ2v) is 6.46. The monoisotopic (exact) mass is 341 g/mol. The van der Waals surface area contributed by atoms with Crippen molar-refractivity contribution >= 4 is 16.0 Å². The Labute approximate surface area is 131 Å². The summed E-state index contributed by atoms with van der Waals surface area (Å²) in [5.41, 5.74) is 0.374. The van der Waals surface area contributed by atoms with E-state index in [1.807, 2.05) is 0 Å². The van der Waals surface area contributed by atoms with Crippen LogP contribution in [0.2, 0.25) is 0 Å². The van der Waals surface area contributed by atoms with Crippen LogP contribution in [0, 0.1) is 11.6 Å². The van der Waals surface area contributed by atoms with Crippen molar-refractivity contribution in [2.45, 2.75) is 11.3 Å². The lowest BCUT2D eigenvalue weighted by molar-refractivity contribution is 0.0696. The molecule has 2 N–H and O–H groups in total. The number of rotatable bonds is 6. The summed E-state index contributed by atoms with van der Waals surface area (Å²) in [4.78, 5) is 10.1. The maximum Gasteiger partial charge on any atom is 0.335 e. The summed E-state index contributed by atoms with van der Waals surface area (Å²) in [6.07, 6.45) is 0.278. The van der Waals surface area contributed by atoms with Crippen LogP contribution in [0.4, 0.5) is 8.78 Å². The zero-order valence-electron chi connectivity index (χ0n) is 11.8. The molecule has 0 fully saturated rings. The average Bonchev–Trinajstić information content (AvgIpc) is 2.49. The molecule has 0 aromatic heterocycles. The van der Waals surface area contributed by atoms with Crippen LogP contribution in [0.1, 0.15) is 15.9 Å². The Morgan fingerprint density at radius 1 is 1.09 bits per heavy atom. The molecular weight excluding hydrogens is 328 g/mol. The fourth-order valence-electron chi connectivity index (χ4n) is 1.90. The van der Waals surface area contributed by atoms with E-state index in [9.17, 15) is 22.0 Å². The molecule has 23 heavy (non-hydrogen) atoms. The van der Waals surface area contributed by atoms with Gasteiger partial charge in [0.15, 0.2) is 0 Å². The number of hydrogen-bond donors (Lipinski definition) is 2. The molecule has 2 aromatic rings. The summed E-state index contributed by atoms with van der Waals surface area (Å²) in [6, 6.07) is 8.05. The number of carboxylic acid groups (broad SMARTS) is 1. The van der Waals surface area contributed by atoms with Crippen molar-refractivity contribution in [3.8, 4) is 0 Å². The zero-order valence-corrected chi connectivity index (χ0v) is 12.6. The van der Waals surface area contributed by atoms with Crippen molar-refractivity contribution in [3.05, 3.63) is 65.2 Å². The lowest BCUT2D eigenvalue weighted by Crippen LogP contribution is -2.27. The van der Waals surface area contributed by atoms with Crippen molar-refractivity contribution in [1.29, 1.82) is 0 Å². The van der Waals surface area contributed by atoms with Gasteiger partial charge in [-0.05, 0) is 42.3 Å². The maximum atomic E-state index is 13.7. The Balaban J connectivity index is 2.11. The topological polar surface area (TPSA) is 83.5 Å². The number of carbonyl (C=O) groups is 1. The second kappa shape index (κ2) is 6.84. The number of hydrogen-bond acceptors (Lipinski definition) is 3. The first-order valence-electron chi connectivity index (χ1n) is 6.56. The smallest absolute Gasteiger partial charge is 0.335 e. The van der Waals surface area contributed by atoms with E-state index in [1.54, 1.807) is 0 Å². The molecule has 0 saturated carbocycles. The summed E-state index contributed by atoms with van der Waals surface area (Å²) in [7, 11) is -4.19. The van der Waals surface area contributed by atoms with Gasteiger partial charge >= 0.3 is 5.97 Å². The molecule has 0 unspecified atom stereocenters. The third-order valence-electron chi connectivity index (χ3n) is 3.09. The van der Waals surface area contributed by atoms with Crippen LogP contribution in [-0.4, -0.2) is 26.0 Å². The fourth-order valence-corrected chi connectivity index (χ4v) is 3.03. The van der Waals surface area contributed by atoms with E-state index < -0.39 is 32.5 Å². The summed E-state index contributed by atoms with van der Waals surface area (Å²) in [6.45, 7) is -0.0370. The molecule has 0 aliphatic rings. The first kappa shape index (κ1) is 17.0. The number of carboxylic acids is 1. The molecule has 0 radical (unpaired) electrons. The summed E-state index contributed by atoms with van der Waals surface area (Å²) in [5.74, 6) is -2.79. The lowest BCUT2D eigenvalue weighted by Gasteiger charge is -2.08. The molecule has 2 rings (SSSR count). The minimum Gasteiger partial charge on any atom is -0.478 e. The van der Waals surface area contributed by atoms with Gasteiger partial charge < -0.3 is 5.11 Å². The van der Waals surface area contributed by atoms with Gasteiger partial charge in [-0.1, -0.05) is 12.1 Å². The second-order valence-electron chi connectivity index (χ2n) is 4.72. The number of aromatic carboxylic acids is 1. The third-order valence-corrected chi connectivity index (χ3v) is 4.56. The molecule has 0 spiro atoms. The van der Waals surface area contributed by atoms with Gasteiger partial charge in [-0.2, -0.15) is 0 Å². The molecule has 0 heterocycles. The number of sulfonamides is 1. The van der Waals surface area contributed by atoms with Crippen LogP contribution in [-0.2, 0) is 16.4 Å². The quantitative estimate of drug-likeness (QED) is 0.844. The molecule has 0 aliphatic heterocycles. The number of nitrogens with one attached hydrogen (secondary N) is 1. The summed E-state index contributed by atoms with van der Waals surface area (Å²) >= 11 is 0. The highest BCUT2D eigenvalue weighted by molar-refractivity contribution is 7.89. The van der Waals surface area contributed by atoms with Gasteiger partial charge in [0.05, 0.1) is 5.56 Å². The van der Waals surface area contributed by atoms with E-state index in [4.69, 9.17) is 5.11 Å². The Morgan fingerprint density at radius 3 is 2.35 bits per heavy atom. The largest absolute Gasteiger partial charge is 0.478 e. The van der Waals surface area contributed by atoms with Gasteiger partial charge in [0, 0.05) is 6.54 Å². The first-order valence-corrected chi connectivity index (χ1v) is 8.05. The van der Waals surface area contributed by atoms with Crippen LogP contribution < -0.4 is 4.72 Å². The predicted octanol–water partition coefficient (Wildman–Crippen LogP) is 2.18. The number of halogens is 2. The molecule has 0 atom stereocenters. The van der Waals surface area contributed by atoms with Crippen LogP contribution in [0.5, 0.6) is 0 Å². The van der Waals surface area contributed by atoms with Crippen molar-refractivity contribution in [2.24, 2.45) is 0 Å². The van der Waals surface area contributed by atoms with Crippen molar-refractivity contribution < 1.29 is 27.1 Å². The van der Waals surface area contributed by atoms with Crippen molar-refractivity contribution in [2.75, 3.05) is 6.54 Å². The highest BCUT2D eigenvalue weighted by Crippen LogP contribution is 2.16. The maximum absolute atomic E-state index is 13.7. The van der Waals surface area contributed by atoms with E-state index in [1.165, 1.54) is 24.3 Å². The van der Waals surface area contributed by atoms with Gasteiger partial charge in [-0.15, -0.1) is 0 Å². The van der Waals surface area contributed by atoms with E-state index >= 15 is 0 Å². The van der Waals surface area contributed by atoms with Gasteiger partial charge in [0.1, 0.15) is 16.5 Å². The van der Waals surface area contributed by atoms with Gasteiger partial charge in [0.25, 0.3) is 0 Å². The molecule has 0 amide bonds. The van der Waals surface area contributed by atoms with Gasteiger partial charge in [-0.3, -0.25) is 0 Å². The standard InChI is InChI=1S/C15H13F2NO4S/c16-12-4-1-10(2-5-12)7-8-18-23(21,22)14-9-11(15(19)20)3-6-13(14)17/h1-6,9,18H,7-8H2,(H,19,20). The molecule has 122 valence electrons. The highest BCUT2D eigenvalue weighted by atomic mass is 32.2.